The lowest BCUT2D eigenvalue weighted by Crippen LogP contribution is -2.25. The van der Waals surface area contributed by atoms with Gasteiger partial charge in [-0.3, -0.25) is 4.79 Å². The molecule has 1 unspecified atom stereocenters. The molecule has 1 aromatic rings. The molecule has 1 rings (SSSR count). The molecule has 1 amide bonds. The fraction of sp³-hybridized carbons (Fsp3) is 0.500. The maximum absolute atomic E-state index is 11.9. The van der Waals surface area contributed by atoms with Crippen molar-refractivity contribution in [1.29, 1.82) is 0 Å². The van der Waals surface area contributed by atoms with Crippen molar-refractivity contribution in [3.63, 3.8) is 0 Å². The van der Waals surface area contributed by atoms with Crippen LogP contribution in [0.4, 0.5) is 0 Å². The van der Waals surface area contributed by atoms with Gasteiger partial charge < -0.3 is 5.32 Å². The van der Waals surface area contributed by atoms with E-state index in [9.17, 15) is 13.2 Å². The van der Waals surface area contributed by atoms with Gasteiger partial charge in [0.05, 0.1) is 4.90 Å². The van der Waals surface area contributed by atoms with Gasteiger partial charge in [0.1, 0.15) is 0 Å². The molecule has 0 aliphatic heterocycles. The van der Waals surface area contributed by atoms with Crippen LogP contribution in [-0.4, -0.2) is 33.0 Å². The molecule has 0 aliphatic rings. The number of carbonyl (C=O) groups is 1. The number of hydrogen-bond acceptors (Lipinski definition) is 3. The minimum absolute atomic E-state index is 0.154. The molecular weight excluding hydrogens is 298 g/mol. The molecule has 1 N–H and O–H groups in total. The quantitative estimate of drug-likeness (QED) is 0.620. The molecular formula is C14H20ClNO3S. The first-order chi connectivity index (χ1) is 9.34. The topological polar surface area (TPSA) is 63.2 Å². The molecule has 0 bridgehead atoms. The smallest absolute Gasteiger partial charge is 0.251 e. The van der Waals surface area contributed by atoms with Crippen LogP contribution < -0.4 is 5.32 Å². The fourth-order valence-electron chi connectivity index (χ4n) is 1.70. The summed E-state index contributed by atoms with van der Waals surface area (Å²) >= 11 is 5.71. The highest BCUT2D eigenvalue weighted by Crippen LogP contribution is 2.11. The van der Waals surface area contributed by atoms with Gasteiger partial charge in [0.2, 0.25) is 0 Å². The maximum atomic E-state index is 11.9. The average molecular weight is 318 g/mol. The predicted molar refractivity (Wildman–Crippen MR) is 81.0 cm³/mol. The number of rotatable bonds is 7. The molecule has 0 aliphatic carbocycles. The largest absolute Gasteiger partial charge is 0.352 e. The molecule has 4 nitrogen and oxygen atoms in total. The lowest BCUT2D eigenvalue weighted by molar-refractivity contribution is 0.0952. The van der Waals surface area contributed by atoms with E-state index in [1.165, 1.54) is 12.1 Å². The van der Waals surface area contributed by atoms with Crippen LogP contribution in [0.3, 0.4) is 0 Å². The van der Waals surface area contributed by atoms with Gasteiger partial charge in [-0.2, -0.15) is 0 Å². The van der Waals surface area contributed by atoms with Crippen molar-refractivity contribution in [2.45, 2.75) is 24.7 Å². The van der Waals surface area contributed by atoms with Crippen molar-refractivity contribution in [1.82, 2.24) is 5.32 Å². The zero-order chi connectivity index (χ0) is 15.2. The van der Waals surface area contributed by atoms with E-state index in [2.05, 4.69) is 12.2 Å². The summed E-state index contributed by atoms with van der Waals surface area (Å²) in [4.78, 5) is 12.1. The molecule has 0 heterocycles. The first kappa shape index (κ1) is 17.0. The Morgan fingerprint density at radius 2 is 2.10 bits per heavy atom. The first-order valence-electron chi connectivity index (χ1n) is 6.49. The van der Waals surface area contributed by atoms with E-state index in [1.54, 1.807) is 12.1 Å². The standard InChI is InChI=1S/C14H20ClNO3S/c1-11(10-15)5-4-8-16-14(17)12-6-3-7-13(9-12)20(2,18)19/h3,6-7,9,11H,4-5,8,10H2,1-2H3,(H,16,17). The number of alkyl halides is 1. The molecule has 0 fully saturated rings. The van der Waals surface area contributed by atoms with Crippen LogP contribution in [0.25, 0.3) is 0 Å². The van der Waals surface area contributed by atoms with E-state index in [-0.39, 0.29) is 10.8 Å². The zero-order valence-corrected chi connectivity index (χ0v) is 13.3. The van der Waals surface area contributed by atoms with E-state index < -0.39 is 9.84 Å². The van der Waals surface area contributed by atoms with Crippen LogP contribution >= 0.6 is 11.6 Å². The summed E-state index contributed by atoms with van der Waals surface area (Å²) in [5.74, 6) is 0.792. The van der Waals surface area contributed by atoms with Crippen LogP contribution in [0.5, 0.6) is 0 Å². The average Bonchev–Trinajstić information content (AvgIpc) is 2.42. The fourth-order valence-corrected chi connectivity index (χ4v) is 2.52. The Labute approximate surface area is 125 Å². The van der Waals surface area contributed by atoms with Gasteiger partial charge in [-0.05, 0) is 37.0 Å². The molecule has 0 spiro atoms. The molecule has 0 saturated carbocycles. The Hall–Kier alpha value is -1.07. The minimum atomic E-state index is -3.29. The Morgan fingerprint density at radius 1 is 1.40 bits per heavy atom. The minimum Gasteiger partial charge on any atom is -0.352 e. The Bertz CT molecular complexity index is 557. The second kappa shape index (κ2) is 7.64. The van der Waals surface area contributed by atoms with Gasteiger partial charge in [-0.15, -0.1) is 11.6 Å². The van der Waals surface area contributed by atoms with Gasteiger partial charge in [0.15, 0.2) is 9.84 Å². The number of sulfone groups is 1. The highest BCUT2D eigenvalue weighted by atomic mass is 35.5. The van der Waals surface area contributed by atoms with Crippen molar-refractivity contribution < 1.29 is 13.2 Å². The summed E-state index contributed by atoms with van der Waals surface area (Å²) in [5, 5.41) is 2.78. The number of carbonyl (C=O) groups excluding carboxylic acids is 1. The highest BCUT2D eigenvalue weighted by Gasteiger charge is 2.11. The SMILES string of the molecule is CC(CCl)CCCNC(=O)c1cccc(S(C)(=O)=O)c1. The van der Waals surface area contributed by atoms with E-state index in [0.717, 1.165) is 19.1 Å². The third-order valence-electron chi connectivity index (χ3n) is 2.95. The summed E-state index contributed by atoms with van der Waals surface area (Å²) < 4.78 is 22.9. The monoisotopic (exact) mass is 317 g/mol. The lowest BCUT2D eigenvalue weighted by atomic mass is 10.1. The van der Waals surface area contributed by atoms with Crippen molar-refractivity contribution in [3.8, 4) is 0 Å². The second-order valence-corrected chi connectivity index (χ2v) is 7.28. The summed E-state index contributed by atoms with van der Waals surface area (Å²) in [6.07, 6.45) is 2.93. The Kier molecular flexibility index (Phi) is 6.49. The third kappa shape index (κ3) is 5.51. The summed E-state index contributed by atoms with van der Waals surface area (Å²) in [6.45, 7) is 2.62. The predicted octanol–water partition coefficient (Wildman–Crippen LogP) is 2.48. The van der Waals surface area contributed by atoms with E-state index in [0.29, 0.717) is 23.9 Å². The van der Waals surface area contributed by atoms with Crippen LogP contribution in [0.1, 0.15) is 30.1 Å². The van der Waals surface area contributed by atoms with Gasteiger partial charge in [0.25, 0.3) is 5.91 Å². The summed E-state index contributed by atoms with van der Waals surface area (Å²) in [6, 6.07) is 6.05. The molecule has 1 atom stereocenters. The van der Waals surface area contributed by atoms with E-state index in [1.807, 2.05) is 0 Å². The number of nitrogens with one attached hydrogen (secondary N) is 1. The van der Waals surface area contributed by atoms with Crippen molar-refractivity contribution in [3.05, 3.63) is 29.8 Å². The summed E-state index contributed by atoms with van der Waals surface area (Å²) in [5.41, 5.74) is 0.360. The highest BCUT2D eigenvalue weighted by molar-refractivity contribution is 7.90. The zero-order valence-electron chi connectivity index (χ0n) is 11.7. The van der Waals surface area contributed by atoms with Crippen molar-refractivity contribution >= 4 is 27.3 Å². The molecule has 0 radical (unpaired) electrons. The second-order valence-electron chi connectivity index (χ2n) is 4.96. The van der Waals surface area contributed by atoms with Gasteiger partial charge in [-0.1, -0.05) is 13.0 Å². The van der Waals surface area contributed by atoms with E-state index >= 15 is 0 Å². The third-order valence-corrected chi connectivity index (χ3v) is 4.58. The van der Waals surface area contributed by atoms with Gasteiger partial charge in [-0.25, -0.2) is 8.42 Å². The van der Waals surface area contributed by atoms with Gasteiger partial charge in [0, 0.05) is 24.2 Å². The molecule has 112 valence electrons. The van der Waals surface area contributed by atoms with Crippen molar-refractivity contribution in [2.75, 3.05) is 18.7 Å². The number of amides is 1. The molecule has 0 aromatic heterocycles. The number of hydrogen-bond donors (Lipinski definition) is 1. The molecule has 1 aromatic carbocycles. The maximum Gasteiger partial charge on any atom is 0.251 e. The molecule has 20 heavy (non-hydrogen) atoms. The number of benzene rings is 1. The van der Waals surface area contributed by atoms with Gasteiger partial charge >= 0.3 is 0 Å². The number of halogens is 1. The van der Waals surface area contributed by atoms with Crippen LogP contribution in [0.15, 0.2) is 29.2 Å². The molecule has 0 saturated heterocycles. The first-order valence-corrected chi connectivity index (χ1v) is 8.91. The van der Waals surface area contributed by atoms with Crippen LogP contribution in [-0.2, 0) is 9.84 Å². The van der Waals surface area contributed by atoms with E-state index in [4.69, 9.17) is 11.6 Å². The van der Waals surface area contributed by atoms with Crippen LogP contribution in [0.2, 0.25) is 0 Å². The van der Waals surface area contributed by atoms with Crippen molar-refractivity contribution in [2.24, 2.45) is 5.92 Å². The summed E-state index contributed by atoms with van der Waals surface area (Å²) in [7, 11) is -3.29. The Morgan fingerprint density at radius 3 is 2.70 bits per heavy atom. The van der Waals surface area contributed by atoms with Crippen LogP contribution in [0, 0.1) is 5.92 Å². The molecule has 6 heteroatoms. The lowest BCUT2D eigenvalue weighted by Gasteiger charge is -2.08. The Balaban J connectivity index is 2.56. The normalized spacial score (nSPS) is 12.9.